The van der Waals surface area contributed by atoms with Gasteiger partial charge in [0.05, 0.1) is 55.9 Å². The molecule has 14 heteroatoms. The zero-order valence-electron chi connectivity index (χ0n) is 44.8. The molecule has 0 bridgehead atoms. The van der Waals surface area contributed by atoms with Crippen molar-refractivity contribution in [3.8, 4) is 0 Å². The largest absolute Gasteiger partial charge is 0.457 e. The van der Waals surface area contributed by atoms with Crippen molar-refractivity contribution < 1.29 is 66.4 Å². The third-order valence-electron chi connectivity index (χ3n) is 17.1. The summed E-state index contributed by atoms with van der Waals surface area (Å²) in [7, 11) is 0. The third-order valence-corrected chi connectivity index (χ3v) is 17.1. The van der Waals surface area contributed by atoms with Gasteiger partial charge in [-0.15, -0.1) is 0 Å². The summed E-state index contributed by atoms with van der Waals surface area (Å²) in [5.74, 6) is -0.403. The molecule has 5 aliphatic rings. The Bertz CT molecular complexity index is 1730. The van der Waals surface area contributed by atoms with E-state index in [1.165, 1.54) is 13.8 Å². The summed E-state index contributed by atoms with van der Waals surface area (Å²) in [5.41, 5.74) is 1.03. The Morgan fingerprint density at radius 3 is 1.22 bits per heavy atom. The number of hydrogen-bond donors (Lipinski definition) is 0. The van der Waals surface area contributed by atoms with E-state index >= 15 is 0 Å². The summed E-state index contributed by atoms with van der Waals surface area (Å²) in [4.78, 5) is 25.0. The molecule has 5 fully saturated rings. The minimum Gasteiger partial charge on any atom is -0.457 e. The molecule has 0 spiro atoms. The number of carbonyl (C=O) groups is 2. The summed E-state index contributed by atoms with van der Waals surface area (Å²) in [6.45, 7) is 33.3. The first-order valence-electron chi connectivity index (χ1n) is 26.7. The first kappa shape index (κ1) is 56.1. The van der Waals surface area contributed by atoms with Crippen LogP contribution in [0, 0.1) is 53.3 Å². The van der Waals surface area contributed by atoms with E-state index in [0.717, 1.165) is 31.2 Å². The molecule has 5 saturated heterocycles. The maximum atomic E-state index is 12.5. The van der Waals surface area contributed by atoms with Crippen LogP contribution in [0.1, 0.15) is 142 Å². The number of carbonyl (C=O) groups excluding carboxylic acids is 2. The summed E-state index contributed by atoms with van der Waals surface area (Å²) in [6.07, 6.45) is -4.51. The lowest BCUT2D eigenvalue weighted by molar-refractivity contribution is -0.367. The van der Waals surface area contributed by atoms with Crippen molar-refractivity contribution in [1.29, 1.82) is 0 Å². The molecule has 0 amide bonds. The maximum absolute atomic E-state index is 12.5. The summed E-state index contributed by atoms with van der Waals surface area (Å²) in [6, 6.07) is 10.1. The normalized spacial score (nSPS) is 45.1. The summed E-state index contributed by atoms with van der Waals surface area (Å²) < 4.78 is 80.9. The van der Waals surface area contributed by atoms with E-state index in [2.05, 4.69) is 90.0 Å². The Balaban J connectivity index is 1.29. The molecule has 25 atom stereocenters. The number of ether oxygens (including phenoxy) is 12. The van der Waals surface area contributed by atoms with E-state index in [1.54, 1.807) is 0 Å². The SMILES string of the molecule is CCC1O[C@H](OC2[C@@H](OCC3O[C@H](C)C(OCc4ccccc4)[C@@H](O[C@H]4O[C@@H](CC)[C@@H](C)C(C)C4O[C@H]4O[C@@H](CC)[C@@H](C)C(C)C4OC(C)=O)[C@@H]3C)OC(CC)[C@@H](C)[C@@H]2C)C(OC(C)=O)[C@@H](C)[C@@H]1C. The number of benzene rings is 1. The molecule has 0 radical (unpaired) electrons. The Morgan fingerprint density at radius 1 is 0.420 bits per heavy atom. The Hall–Kier alpha value is -2.24. The molecule has 0 saturated carbocycles. The smallest absolute Gasteiger partial charge is 0.303 e. The molecule has 394 valence electrons. The fourth-order valence-electron chi connectivity index (χ4n) is 11.8. The lowest BCUT2D eigenvalue weighted by Gasteiger charge is -2.51. The van der Waals surface area contributed by atoms with E-state index in [4.69, 9.17) is 56.8 Å². The van der Waals surface area contributed by atoms with Gasteiger partial charge in [-0.05, 0) is 73.7 Å². The van der Waals surface area contributed by atoms with E-state index in [1.807, 2.05) is 37.3 Å². The summed E-state index contributed by atoms with van der Waals surface area (Å²) in [5, 5.41) is 0. The molecule has 1 aromatic rings. The van der Waals surface area contributed by atoms with Gasteiger partial charge in [0.15, 0.2) is 37.4 Å². The fraction of sp³-hybridized carbons (Fsp3) is 0.855. The van der Waals surface area contributed by atoms with E-state index in [9.17, 15) is 9.59 Å². The van der Waals surface area contributed by atoms with Gasteiger partial charge in [0.2, 0.25) is 0 Å². The van der Waals surface area contributed by atoms with E-state index < -0.39 is 74.0 Å². The monoisotopic (exact) mass is 975 g/mol. The molecule has 5 heterocycles. The lowest BCUT2D eigenvalue weighted by atomic mass is 9.81. The van der Waals surface area contributed by atoms with Crippen LogP contribution in [0.4, 0.5) is 0 Å². The molecule has 5 aliphatic heterocycles. The van der Waals surface area contributed by atoms with Crippen molar-refractivity contribution in [2.75, 3.05) is 6.61 Å². The van der Waals surface area contributed by atoms with Crippen molar-refractivity contribution in [3.63, 3.8) is 0 Å². The zero-order valence-corrected chi connectivity index (χ0v) is 44.8. The molecule has 10 unspecified atom stereocenters. The maximum Gasteiger partial charge on any atom is 0.303 e. The molecule has 0 aromatic heterocycles. The van der Waals surface area contributed by atoms with Crippen LogP contribution in [0.5, 0.6) is 0 Å². The minimum atomic E-state index is -0.819. The quantitative estimate of drug-likeness (QED) is 0.129. The van der Waals surface area contributed by atoms with Crippen LogP contribution in [0.15, 0.2) is 30.3 Å². The molecular weight excluding hydrogens is 885 g/mol. The molecule has 0 aliphatic carbocycles. The van der Waals surface area contributed by atoms with Gasteiger partial charge >= 0.3 is 11.9 Å². The van der Waals surface area contributed by atoms with Crippen LogP contribution in [0.2, 0.25) is 0 Å². The highest BCUT2D eigenvalue weighted by atomic mass is 16.8. The van der Waals surface area contributed by atoms with Gasteiger partial charge in [0.25, 0.3) is 0 Å². The molecular formula is C55H90O14. The average Bonchev–Trinajstić information content (AvgIpc) is 3.32. The second kappa shape index (κ2) is 25.1. The van der Waals surface area contributed by atoms with Gasteiger partial charge in [-0.3, -0.25) is 9.59 Å². The van der Waals surface area contributed by atoms with Gasteiger partial charge < -0.3 is 56.8 Å². The predicted octanol–water partition coefficient (Wildman–Crippen LogP) is 9.66. The van der Waals surface area contributed by atoms with Crippen molar-refractivity contribution in [2.45, 2.75) is 241 Å². The van der Waals surface area contributed by atoms with Crippen molar-refractivity contribution >= 4 is 11.9 Å². The van der Waals surface area contributed by atoms with Gasteiger partial charge in [-0.25, -0.2) is 0 Å². The van der Waals surface area contributed by atoms with Crippen LogP contribution in [0.3, 0.4) is 0 Å². The van der Waals surface area contributed by atoms with Crippen LogP contribution in [-0.2, 0) is 73.0 Å². The Morgan fingerprint density at radius 2 is 0.797 bits per heavy atom. The first-order chi connectivity index (χ1) is 32.8. The van der Waals surface area contributed by atoms with Crippen LogP contribution in [-0.4, -0.2) is 117 Å². The number of esters is 2. The van der Waals surface area contributed by atoms with Crippen LogP contribution < -0.4 is 0 Å². The topological polar surface area (TPSA) is 145 Å². The number of rotatable bonds is 18. The zero-order chi connectivity index (χ0) is 50.4. The van der Waals surface area contributed by atoms with Crippen molar-refractivity contribution in [3.05, 3.63) is 35.9 Å². The second-order valence-corrected chi connectivity index (χ2v) is 21.5. The Kier molecular flexibility index (Phi) is 20.4. The van der Waals surface area contributed by atoms with E-state index in [-0.39, 0.29) is 96.2 Å². The molecule has 0 N–H and O–H groups in total. The third kappa shape index (κ3) is 12.9. The molecule has 69 heavy (non-hydrogen) atoms. The Labute approximate surface area is 414 Å². The van der Waals surface area contributed by atoms with Crippen molar-refractivity contribution in [1.82, 2.24) is 0 Å². The van der Waals surface area contributed by atoms with Crippen LogP contribution >= 0.6 is 0 Å². The highest BCUT2D eigenvalue weighted by molar-refractivity contribution is 5.66. The predicted molar refractivity (Wildman–Crippen MR) is 259 cm³/mol. The van der Waals surface area contributed by atoms with Gasteiger partial charge in [-0.1, -0.05) is 120 Å². The highest BCUT2D eigenvalue weighted by Gasteiger charge is 2.54. The summed E-state index contributed by atoms with van der Waals surface area (Å²) >= 11 is 0. The average molecular weight is 975 g/mol. The standard InChI is InChI=1S/C55H90O14/c1-17-41-28(5)32(9)47(68-53-48(61-38(15)56)33(10)29(6)42(18-2)64-53)52(63-41)59-27-45-36(13)46(51(37(14)60-45)58-26-40-24-22-21-23-25-40)67-55-50(35(12)31(8)44(20-4)66-55)69-54-49(62-39(16)57)34(11)30(7)43(19-3)65-54/h21-25,28-37,41-55H,17-20,26-27H2,1-16H3/t28-,29-,30-,31-,32-,33-,34?,35?,36+,37+,41?,42?,43-,44-,45?,46-,47?,48?,49?,50?,51?,52-,53+,54+,55+/m0/s1. The second-order valence-electron chi connectivity index (χ2n) is 21.5. The van der Waals surface area contributed by atoms with E-state index in [0.29, 0.717) is 6.61 Å². The van der Waals surface area contributed by atoms with Crippen molar-refractivity contribution in [2.24, 2.45) is 53.3 Å². The van der Waals surface area contributed by atoms with Gasteiger partial charge in [0.1, 0.15) is 18.3 Å². The number of hydrogen-bond acceptors (Lipinski definition) is 14. The molecule has 1 aromatic carbocycles. The fourth-order valence-corrected chi connectivity index (χ4v) is 11.8. The first-order valence-corrected chi connectivity index (χ1v) is 26.7. The minimum absolute atomic E-state index is 0.00607. The lowest BCUT2D eigenvalue weighted by Crippen LogP contribution is -2.61. The van der Waals surface area contributed by atoms with Crippen LogP contribution in [0.25, 0.3) is 0 Å². The van der Waals surface area contributed by atoms with Gasteiger partial charge in [-0.2, -0.15) is 0 Å². The molecule has 14 nitrogen and oxygen atoms in total. The highest BCUT2D eigenvalue weighted by Crippen LogP contribution is 2.44. The molecule has 6 rings (SSSR count). The van der Waals surface area contributed by atoms with Gasteiger partial charge in [0, 0.05) is 31.6 Å².